The molecule has 0 spiro atoms. The van der Waals surface area contributed by atoms with Crippen LogP contribution in [-0.4, -0.2) is 0 Å². The van der Waals surface area contributed by atoms with Gasteiger partial charge in [-0.25, -0.2) is 0 Å². The van der Waals surface area contributed by atoms with Crippen molar-refractivity contribution in [2.24, 2.45) is 5.41 Å². The van der Waals surface area contributed by atoms with Crippen LogP contribution in [0.3, 0.4) is 0 Å². The first kappa shape index (κ1) is 14.4. The van der Waals surface area contributed by atoms with Crippen molar-refractivity contribution in [2.45, 2.75) is 53.4 Å². The van der Waals surface area contributed by atoms with E-state index in [0.29, 0.717) is 0 Å². The summed E-state index contributed by atoms with van der Waals surface area (Å²) in [5.41, 5.74) is 6.29. The lowest BCUT2D eigenvalue weighted by Crippen LogP contribution is -2.16. The second kappa shape index (κ2) is 4.47. The normalized spacial score (nSPS) is 15.2. The summed E-state index contributed by atoms with van der Waals surface area (Å²) in [7, 11) is 0. The Morgan fingerprint density at radius 2 is 1.52 bits per heavy atom. The number of benzene rings is 2. The SMILES string of the molecule is CC(C)(C)C1=Cc2ccc(C(C)(C)C)c3cccc(c23)C1. The van der Waals surface area contributed by atoms with Gasteiger partial charge in [0.15, 0.2) is 0 Å². The molecular formula is C21H26. The van der Waals surface area contributed by atoms with E-state index in [-0.39, 0.29) is 10.8 Å². The average molecular weight is 278 g/mol. The van der Waals surface area contributed by atoms with Crippen molar-refractivity contribution in [2.75, 3.05) is 0 Å². The fourth-order valence-corrected chi connectivity index (χ4v) is 3.36. The van der Waals surface area contributed by atoms with Crippen LogP contribution < -0.4 is 0 Å². The Hall–Kier alpha value is -1.56. The van der Waals surface area contributed by atoms with Crippen LogP contribution in [0.4, 0.5) is 0 Å². The summed E-state index contributed by atoms with van der Waals surface area (Å²) in [6.45, 7) is 13.8. The maximum Gasteiger partial charge on any atom is -0.00521 e. The zero-order valence-corrected chi connectivity index (χ0v) is 14.2. The third-order valence-corrected chi connectivity index (χ3v) is 4.64. The molecule has 0 aliphatic heterocycles. The largest absolute Gasteiger partial charge is 0.0613 e. The molecule has 2 aromatic carbocycles. The van der Waals surface area contributed by atoms with Crippen LogP contribution in [0.25, 0.3) is 16.8 Å². The minimum absolute atomic E-state index is 0.186. The minimum atomic E-state index is 0.186. The molecule has 0 heterocycles. The first-order valence-corrected chi connectivity index (χ1v) is 7.94. The van der Waals surface area contributed by atoms with Gasteiger partial charge in [-0.2, -0.15) is 0 Å². The molecule has 0 aromatic heterocycles. The maximum atomic E-state index is 2.42. The second-order valence-corrected chi connectivity index (χ2v) is 8.39. The van der Waals surface area contributed by atoms with E-state index in [9.17, 15) is 0 Å². The maximum absolute atomic E-state index is 2.42. The number of rotatable bonds is 0. The first-order valence-electron chi connectivity index (χ1n) is 7.94. The van der Waals surface area contributed by atoms with Crippen LogP contribution in [0.5, 0.6) is 0 Å². The van der Waals surface area contributed by atoms with Crippen LogP contribution in [0.1, 0.15) is 58.2 Å². The van der Waals surface area contributed by atoms with Crippen LogP contribution in [0.15, 0.2) is 35.9 Å². The number of hydrogen-bond acceptors (Lipinski definition) is 0. The molecule has 110 valence electrons. The molecule has 21 heavy (non-hydrogen) atoms. The molecule has 0 heteroatoms. The molecule has 0 saturated heterocycles. The molecule has 0 atom stereocenters. The van der Waals surface area contributed by atoms with Gasteiger partial charge in [0.25, 0.3) is 0 Å². The van der Waals surface area contributed by atoms with Gasteiger partial charge >= 0.3 is 0 Å². The highest BCUT2D eigenvalue weighted by Crippen LogP contribution is 2.41. The van der Waals surface area contributed by atoms with E-state index in [2.05, 4.69) is 78.0 Å². The third-order valence-electron chi connectivity index (χ3n) is 4.64. The van der Waals surface area contributed by atoms with Gasteiger partial charge in [-0.3, -0.25) is 0 Å². The molecule has 3 rings (SSSR count). The predicted molar refractivity (Wildman–Crippen MR) is 93.8 cm³/mol. The van der Waals surface area contributed by atoms with Crippen molar-refractivity contribution < 1.29 is 0 Å². The Morgan fingerprint density at radius 1 is 0.810 bits per heavy atom. The van der Waals surface area contributed by atoms with E-state index < -0.39 is 0 Å². The lowest BCUT2D eigenvalue weighted by molar-refractivity contribution is 0.495. The quantitative estimate of drug-likeness (QED) is 0.544. The predicted octanol–water partition coefficient (Wildman–Crippen LogP) is 6.12. The Labute approximate surface area is 128 Å². The summed E-state index contributed by atoms with van der Waals surface area (Å²) < 4.78 is 0. The molecule has 1 aliphatic rings. The van der Waals surface area contributed by atoms with Gasteiger partial charge in [-0.05, 0) is 44.7 Å². The molecule has 0 bridgehead atoms. The van der Waals surface area contributed by atoms with Crippen LogP contribution in [0.2, 0.25) is 0 Å². The standard InChI is InChI=1S/C21H26/c1-20(2,3)16-12-14-8-7-9-17-18(21(4,5)6)11-10-15(13-16)19(14)17/h7-11,13H,12H2,1-6H3. The lowest BCUT2D eigenvalue weighted by atomic mass is 9.75. The topological polar surface area (TPSA) is 0 Å². The Kier molecular flexibility index (Phi) is 3.06. The summed E-state index contributed by atoms with van der Waals surface area (Å²) in [5, 5.41) is 2.90. The van der Waals surface area contributed by atoms with Crippen molar-refractivity contribution in [1.29, 1.82) is 0 Å². The smallest absolute Gasteiger partial charge is 0.00521 e. The van der Waals surface area contributed by atoms with Gasteiger partial charge in [0, 0.05) is 0 Å². The summed E-state index contributed by atoms with van der Waals surface area (Å²) in [6.07, 6.45) is 3.50. The van der Waals surface area contributed by atoms with Crippen molar-refractivity contribution in [3.8, 4) is 0 Å². The van der Waals surface area contributed by atoms with Crippen molar-refractivity contribution in [3.05, 3.63) is 52.6 Å². The number of hydrogen-bond donors (Lipinski definition) is 0. The molecule has 0 nitrogen and oxygen atoms in total. The van der Waals surface area contributed by atoms with E-state index in [4.69, 9.17) is 0 Å². The zero-order valence-electron chi connectivity index (χ0n) is 14.2. The number of allylic oxidation sites excluding steroid dienone is 1. The molecule has 0 radical (unpaired) electrons. The van der Waals surface area contributed by atoms with E-state index in [0.717, 1.165) is 6.42 Å². The first-order chi connectivity index (χ1) is 9.68. The molecule has 0 saturated carbocycles. The third kappa shape index (κ3) is 2.41. The van der Waals surface area contributed by atoms with E-state index in [1.165, 1.54) is 33.0 Å². The van der Waals surface area contributed by atoms with Crippen LogP contribution in [0, 0.1) is 5.41 Å². The fraction of sp³-hybridized carbons (Fsp3) is 0.429. The summed E-state index contributed by atoms with van der Waals surface area (Å²) in [6, 6.07) is 11.5. The molecule has 0 amide bonds. The Bertz CT molecular complexity index is 731. The van der Waals surface area contributed by atoms with Crippen LogP contribution >= 0.6 is 0 Å². The molecule has 0 fully saturated rings. The molecule has 0 N–H and O–H groups in total. The monoisotopic (exact) mass is 278 g/mol. The van der Waals surface area contributed by atoms with Gasteiger partial charge in [0.1, 0.15) is 0 Å². The Balaban J connectivity index is 2.32. The summed E-state index contributed by atoms with van der Waals surface area (Å²) in [5.74, 6) is 0. The highest BCUT2D eigenvalue weighted by molar-refractivity contribution is 5.98. The van der Waals surface area contributed by atoms with Gasteiger partial charge in [-0.1, -0.05) is 83.5 Å². The molecule has 1 aliphatic carbocycles. The van der Waals surface area contributed by atoms with Gasteiger partial charge in [0.05, 0.1) is 0 Å². The molecular weight excluding hydrogens is 252 g/mol. The van der Waals surface area contributed by atoms with Gasteiger partial charge in [0.2, 0.25) is 0 Å². The fourth-order valence-electron chi connectivity index (χ4n) is 3.36. The van der Waals surface area contributed by atoms with Gasteiger partial charge < -0.3 is 0 Å². The van der Waals surface area contributed by atoms with E-state index >= 15 is 0 Å². The highest BCUT2D eigenvalue weighted by atomic mass is 14.3. The Morgan fingerprint density at radius 3 is 2.14 bits per heavy atom. The average Bonchev–Trinajstić information content (AvgIpc) is 2.36. The van der Waals surface area contributed by atoms with E-state index in [1.807, 2.05) is 0 Å². The van der Waals surface area contributed by atoms with Crippen molar-refractivity contribution >= 4 is 16.8 Å². The zero-order chi connectivity index (χ0) is 15.4. The van der Waals surface area contributed by atoms with Crippen molar-refractivity contribution in [1.82, 2.24) is 0 Å². The summed E-state index contributed by atoms with van der Waals surface area (Å²) in [4.78, 5) is 0. The highest BCUT2D eigenvalue weighted by Gasteiger charge is 2.24. The molecule has 2 aromatic rings. The summed E-state index contributed by atoms with van der Waals surface area (Å²) >= 11 is 0. The van der Waals surface area contributed by atoms with Crippen LogP contribution in [-0.2, 0) is 11.8 Å². The molecule has 0 unspecified atom stereocenters. The second-order valence-electron chi connectivity index (χ2n) is 8.39. The van der Waals surface area contributed by atoms with E-state index in [1.54, 1.807) is 0 Å². The van der Waals surface area contributed by atoms with Gasteiger partial charge in [-0.15, -0.1) is 0 Å². The minimum Gasteiger partial charge on any atom is -0.0613 e. The van der Waals surface area contributed by atoms with Crippen molar-refractivity contribution in [3.63, 3.8) is 0 Å². The lowest BCUT2D eigenvalue weighted by Gasteiger charge is -2.29.